The Balaban J connectivity index is 1.05. The summed E-state index contributed by atoms with van der Waals surface area (Å²) < 4.78 is 122. The molecule has 6 aliphatic rings. The Hall–Kier alpha value is -7.56. The molecule has 13 rings (SSSR count). The number of hydrogen-bond donors (Lipinski definition) is 2. The normalized spacial score (nSPS) is 19.0. The first-order valence-electron chi connectivity index (χ1n) is 31.7. The van der Waals surface area contributed by atoms with E-state index in [2.05, 4.69) is 34.2 Å². The molecule has 4 aromatic carbocycles. The minimum absolute atomic E-state index is 0.258. The first-order valence-corrected chi connectivity index (χ1v) is 31.7. The van der Waals surface area contributed by atoms with Crippen molar-refractivity contribution < 1.29 is 94.7 Å². The second kappa shape index (κ2) is 32.3. The second-order valence-electron chi connectivity index (χ2n) is 21.8. The van der Waals surface area contributed by atoms with E-state index in [0.717, 1.165) is 65.9 Å². The third kappa shape index (κ3) is 16.1. The zero-order chi connectivity index (χ0) is 61.9. The van der Waals surface area contributed by atoms with E-state index in [-0.39, 0.29) is 52.9 Å². The number of aromatic amines is 2. The number of hydrogen-bond acceptors (Lipinski definition) is 22. The maximum absolute atomic E-state index is 6.54. The molecule has 0 atom stereocenters. The van der Waals surface area contributed by atoms with Gasteiger partial charge in [0, 0.05) is 65.9 Å². The summed E-state index contributed by atoms with van der Waals surface area (Å²) >= 11 is 0. The second-order valence-corrected chi connectivity index (χ2v) is 21.8. The van der Waals surface area contributed by atoms with Gasteiger partial charge in [-0.1, -0.05) is 0 Å². The molecule has 0 amide bonds. The molecule has 3 aromatic heterocycles. The quantitative estimate of drug-likeness (QED) is 0.144. The third-order valence-corrected chi connectivity index (χ3v) is 15.6. The Bertz CT molecular complexity index is 3310. The van der Waals surface area contributed by atoms with Crippen LogP contribution in [-0.2, 0) is 56.8 Å². The van der Waals surface area contributed by atoms with Crippen molar-refractivity contribution in [2.45, 2.75) is 0 Å². The molecule has 24 nitrogen and oxygen atoms in total. The maximum Gasteiger partial charge on any atom is 0.162 e. The van der Waals surface area contributed by atoms with Crippen LogP contribution in [-0.4, -0.2) is 231 Å². The molecule has 0 spiro atoms. The summed E-state index contributed by atoms with van der Waals surface area (Å²) in [6.45, 7) is 11.6. The summed E-state index contributed by atoms with van der Waals surface area (Å²) in [4.78, 5) is 18.7. The van der Waals surface area contributed by atoms with Gasteiger partial charge in [-0.05, 0) is 72.8 Å². The zero-order valence-electron chi connectivity index (χ0n) is 51.6. The number of benzene rings is 4. The van der Waals surface area contributed by atoms with Crippen molar-refractivity contribution in [1.82, 2.24) is 19.9 Å². The molecule has 490 valence electrons. The van der Waals surface area contributed by atoms with E-state index in [1.807, 2.05) is 48.5 Å². The van der Waals surface area contributed by atoms with Crippen LogP contribution in [0.15, 0.2) is 72.8 Å². The number of aromatic nitrogens is 4. The summed E-state index contributed by atoms with van der Waals surface area (Å²) in [5.41, 5.74) is 8.68. The lowest BCUT2D eigenvalue weighted by molar-refractivity contribution is 0.00708. The molecule has 9 heterocycles. The van der Waals surface area contributed by atoms with Crippen molar-refractivity contribution in [3.8, 4) is 91.0 Å². The molecule has 92 heavy (non-hydrogen) atoms. The number of H-pyrrole nitrogens is 2. The largest absolute Gasteiger partial charge is 0.487 e. The number of ether oxygens (including phenoxy) is 20. The highest BCUT2D eigenvalue weighted by molar-refractivity contribution is 6.12. The fourth-order valence-electron chi connectivity index (χ4n) is 11.2. The molecule has 24 heteroatoms. The van der Waals surface area contributed by atoms with E-state index in [0.29, 0.717) is 227 Å². The van der Waals surface area contributed by atoms with Crippen LogP contribution in [0.3, 0.4) is 0 Å². The van der Waals surface area contributed by atoms with Gasteiger partial charge in [0.25, 0.3) is 0 Å². The number of nitrogens with one attached hydrogen (secondary N) is 2. The first kappa shape index (κ1) is 63.2. The van der Waals surface area contributed by atoms with Crippen molar-refractivity contribution in [3.63, 3.8) is 0 Å². The van der Waals surface area contributed by atoms with Gasteiger partial charge < -0.3 is 105 Å². The van der Waals surface area contributed by atoms with E-state index >= 15 is 0 Å². The molecule has 0 saturated carbocycles. The standard InChI is InChI=1S/C68H78N4O20/c1-9-77-17-25-85-61-33-45-46(34-62(61)86-26-18-78-10-2-73-1)54-42-56-49-37-65-66(90-30-22-82-14-6-75-5-13-81-21-29-89-65)38-50(49)58(71-56)44-60-52-40-68-67(91-31-23-83-15-7-76-8-16-84-24-32-92-68)39-51(52)59(72-60)43-57-48-36-64-63(35-47(48)55(70-57)41-53(45)69-54)87-27-19-79-11-3-74-4-12-80-20-28-88-64/h33-44,69,72H,1-32H2. The van der Waals surface area contributed by atoms with E-state index in [1.165, 1.54) is 0 Å². The highest BCUT2D eigenvalue weighted by Gasteiger charge is 2.26. The van der Waals surface area contributed by atoms with Crippen molar-refractivity contribution in [3.05, 3.63) is 72.8 Å². The van der Waals surface area contributed by atoms with Crippen LogP contribution >= 0.6 is 0 Å². The lowest BCUT2D eigenvalue weighted by Crippen LogP contribution is -2.13. The molecule has 0 aliphatic carbocycles. The summed E-state index contributed by atoms with van der Waals surface area (Å²) in [5, 5.41) is 3.30. The molecule has 2 N–H and O–H groups in total. The molecular formula is C68H78N4O20. The van der Waals surface area contributed by atoms with Crippen LogP contribution in [0.4, 0.5) is 0 Å². The lowest BCUT2D eigenvalue weighted by Gasteiger charge is -2.15. The Labute approximate surface area is 531 Å². The minimum atomic E-state index is 0.258. The monoisotopic (exact) mass is 1270 g/mol. The SMILES string of the molecule is c1c2c(cc3c1-c1cc4[nH]c(cc5nc(cc6[nH]c(cc-3n1)c1cc3c(cc61)OCCOCCOCCOCCO3)-c1cc3c(cc1-5)OCCOCCOCCOCCO3)c1cc3c(cc41)OCCOCCOCCOCCO3)OCCOCCOCCOCCO2. The van der Waals surface area contributed by atoms with E-state index in [4.69, 9.17) is 105 Å². The molecule has 0 radical (unpaired) electrons. The smallest absolute Gasteiger partial charge is 0.162 e. The molecule has 0 fully saturated rings. The molecule has 6 aliphatic heterocycles. The number of nitrogens with zero attached hydrogens (tertiary/aromatic N) is 2. The number of fused-ring (bicyclic) bond motifs is 24. The van der Waals surface area contributed by atoms with Crippen molar-refractivity contribution in [2.24, 2.45) is 0 Å². The van der Waals surface area contributed by atoms with Gasteiger partial charge >= 0.3 is 0 Å². The lowest BCUT2D eigenvalue weighted by atomic mass is 10.0. The highest BCUT2D eigenvalue weighted by atomic mass is 16.6. The predicted octanol–water partition coefficient (Wildman–Crippen LogP) is 8.57. The van der Waals surface area contributed by atoms with E-state index in [1.54, 1.807) is 0 Å². The van der Waals surface area contributed by atoms with Crippen LogP contribution < -0.4 is 37.9 Å². The summed E-state index contributed by atoms with van der Waals surface area (Å²) in [7, 11) is 0. The summed E-state index contributed by atoms with van der Waals surface area (Å²) in [6.07, 6.45) is 0. The third-order valence-electron chi connectivity index (χ3n) is 15.6. The minimum Gasteiger partial charge on any atom is -0.487 e. The fraction of sp³-hybridized carbons (Fsp3) is 0.471. The Morgan fingerprint density at radius 3 is 0.511 bits per heavy atom. The van der Waals surface area contributed by atoms with Crippen LogP contribution in [0.1, 0.15) is 0 Å². The van der Waals surface area contributed by atoms with Gasteiger partial charge in [-0.2, -0.15) is 0 Å². The Morgan fingerprint density at radius 2 is 0.337 bits per heavy atom. The summed E-state index contributed by atoms with van der Waals surface area (Å²) in [6, 6.07) is 24.2. The predicted molar refractivity (Wildman–Crippen MR) is 339 cm³/mol. The maximum atomic E-state index is 6.54. The van der Waals surface area contributed by atoms with Gasteiger partial charge in [-0.25, -0.2) is 9.97 Å². The fourth-order valence-corrected chi connectivity index (χ4v) is 11.2. The van der Waals surface area contributed by atoms with Crippen molar-refractivity contribution in [2.75, 3.05) is 211 Å². The van der Waals surface area contributed by atoms with Crippen LogP contribution in [0.2, 0.25) is 0 Å². The van der Waals surface area contributed by atoms with E-state index < -0.39 is 0 Å². The van der Waals surface area contributed by atoms with Crippen molar-refractivity contribution >= 4 is 43.6 Å². The van der Waals surface area contributed by atoms with Gasteiger partial charge in [0.15, 0.2) is 46.0 Å². The highest BCUT2D eigenvalue weighted by Crippen LogP contribution is 2.48. The van der Waals surface area contributed by atoms with Crippen LogP contribution in [0.25, 0.3) is 88.6 Å². The van der Waals surface area contributed by atoms with Gasteiger partial charge in [0.2, 0.25) is 0 Å². The zero-order valence-corrected chi connectivity index (χ0v) is 51.6. The van der Waals surface area contributed by atoms with Crippen LogP contribution in [0.5, 0.6) is 46.0 Å². The molecule has 7 aromatic rings. The molecule has 0 unspecified atom stereocenters. The Kier molecular flexibility index (Phi) is 22.2. The van der Waals surface area contributed by atoms with Gasteiger partial charge in [-0.15, -0.1) is 0 Å². The number of rotatable bonds is 0. The van der Waals surface area contributed by atoms with Gasteiger partial charge in [-0.3, -0.25) is 0 Å². The van der Waals surface area contributed by atoms with E-state index in [9.17, 15) is 0 Å². The van der Waals surface area contributed by atoms with Crippen LogP contribution in [0, 0.1) is 0 Å². The Morgan fingerprint density at radius 1 is 0.185 bits per heavy atom. The topological polar surface area (TPSA) is 242 Å². The average Bonchev–Trinajstić information content (AvgIpc) is 1.61. The van der Waals surface area contributed by atoms with Crippen molar-refractivity contribution in [1.29, 1.82) is 0 Å². The molecule has 8 bridgehead atoms. The average molecular weight is 1270 g/mol. The van der Waals surface area contributed by atoms with Gasteiger partial charge in [0.1, 0.15) is 52.9 Å². The summed E-state index contributed by atoms with van der Waals surface area (Å²) in [5.74, 6) is 4.17. The molecular weight excluding hydrogens is 1190 g/mol. The van der Waals surface area contributed by atoms with Gasteiger partial charge in [0.05, 0.1) is 181 Å². The first-order chi connectivity index (χ1) is 45.7. The molecule has 0 saturated heterocycles.